The van der Waals surface area contributed by atoms with E-state index in [4.69, 9.17) is 14.6 Å². The Labute approximate surface area is 93.0 Å². The zero-order valence-corrected chi connectivity index (χ0v) is 9.16. The van der Waals surface area contributed by atoms with Gasteiger partial charge in [0.05, 0.1) is 6.61 Å². The number of aliphatic hydroxyl groups excluding tert-OH is 3. The molecule has 7 nitrogen and oxygen atoms in total. The number of carbonyl (C=O) groups is 1. The van der Waals surface area contributed by atoms with Gasteiger partial charge in [-0.25, -0.2) is 0 Å². The number of carbonyl (C=O) groups excluding carboxylic acids is 1. The van der Waals surface area contributed by atoms with Crippen LogP contribution >= 0.6 is 0 Å². The fraction of sp³-hybridized carbons (Fsp3) is 0.889. The SMILES string of the molecule is COC1C(O)C(CO)OC(O)C1NC(C)=O. The van der Waals surface area contributed by atoms with Crippen LogP contribution in [0, 0.1) is 0 Å². The van der Waals surface area contributed by atoms with Gasteiger partial charge in [0.15, 0.2) is 6.29 Å². The van der Waals surface area contributed by atoms with E-state index < -0.39 is 37.3 Å². The predicted molar refractivity (Wildman–Crippen MR) is 52.4 cm³/mol. The Kier molecular flexibility index (Phi) is 4.63. The van der Waals surface area contributed by atoms with Crippen molar-refractivity contribution in [2.24, 2.45) is 0 Å². The van der Waals surface area contributed by atoms with E-state index in [2.05, 4.69) is 5.32 Å². The highest BCUT2D eigenvalue weighted by atomic mass is 16.6. The molecule has 0 spiro atoms. The number of aliphatic hydroxyl groups is 3. The molecule has 1 aliphatic heterocycles. The molecule has 0 saturated carbocycles. The Hall–Kier alpha value is -0.730. The highest BCUT2D eigenvalue weighted by Gasteiger charge is 2.45. The van der Waals surface area contributed by atoms with Crippen molar-refractivity contribution < 1.29 is 29.6 Å². The van der Waals surface area contributed by atoms with Crippen LogP contribution in [0.15, 0.2) is 0 Å². The molecule has 0 radical (unpaired) electrons. The van der Waals surface area contributed by atoms with Gasteiger partial charge in [0.1, 0.15) is 24.4 Å². The molecule has 5 atom stereocenters. The Morgan fingerprint density at radius 3 is 2.56 bits per heavy atom. The van der Waals surface area contributed by atoms with E-state index >= 15 is 0 Å². The molecule has 0 aromatic heterocycles. The van der Waals surface area contributed by atoms with Gasteiger partial charge in [-0.3, -0.25) is 4.79 Å². The van der Waals surface area contributed by atoms with E-state index in [1.807, 2.05) is 0 Å². The van der Waals surface area contributed by atoms with Gasteiger partial charge in [0.25, 0.3) is 0 Å². The summed E-state index contributed by atoms with van der Waals surface area (Å²) in [6.07, 6.45) is -4.19. The molecule has 0 aromatic rings. The first-order valence-corrected chi connectivity index (χ1v) is 4.93. The summed E-state index contributed by atoms with van der Waals surface area (Å²) in [5.41, 5.74) is 0. The minimum absolute atomic E-state index is 0.371. The third kappa shape index (κ3) is 2.69. The van der Waals surface area contributed by atoms with Crippen molar-refractivity contribution in [2.75, 3.05) is 13.7 Å². The molecular weight excluding hydrogens is 218 g/mol. The van der Waals surface area contributed by atoms with Crippen molar-refractivity contribution in [3.8, 4) is 0 Å². The van der Waals surface area contributed by atoms with Crippen LogP contribution in [0.5, 0.6) is 0 Å². The molecule has 16 heavy (non-hydrogen) atoms. The first-order valence-electron chi connectivity index (χ1n) is 4.93. The summed E-state index contributed by atoms with van der Waals surface area (Å²) in [4.78, 5) is 10.9. The molecular formula is C9H17NO6. The molecule has 1 amide bonds. The molecule has 4 N–H and O–H groups in total. The first kappa shape index (κ1) is 13.3. The number of amides is 1. The molecule has 0 bridgehead atoms. The fourth-order valence-corrected chi connectivity index (χ4v) is 1.76. The van der Waals surface area contributed by atoms with E-state index in [9.17, 15) is 15.0 Å². The van der Waals surface area contributed by atoms with Crippen molar-refractivity contribution in [2.45, 2.75) is 37.6 Å². The Morgan fingerprint density at radius 2 is 2.12 bits per heavy atom. The lowest BCUT2D eigenvalue weighted by atomic mass is 9.97. The van der Waals surface area contributed by atoms with E-state index in [0.717, 1.165) is 0 Å². The molecule has 1 heterocycles. The summed E-state index contributed by atoms with van der Waals surface area (Å²) in [6.45, 7) is 0.842. The van der Waals surface area contributed by atoms with Gasteiger partial charge in [0, 0.05) is 14.0 Å². The normalized spacial score (nSPS) is 39.4. The van der Waals surface area contributed by atoms with Crippen molar-refractivity contribution in [1.29, 1.82) is 0 Å². The van der Waals surface area contributed by atoms with E-state index in [1.54, 1.807) is 0 Å². The highest BCUT2D eigenvalue weighted by Crippen LogP contribution is 2.21. The molecule has 1 saturated heterocycles. The maximum absolute atomic E-state index is 10.9. The maximum atomic E-state index is 10.9. The third-order valence-electron chi connectivity index (χ3n) is 2.51. The van der Waals surface area contributed by atoms with Gasteiger partial charge in [-0.1, -0.05) is 0 Å². The first-order chi connectivity index (χ1) is 7.51. The molecule has 94 valence electrons. The van der Waals surface area contributed by atoms with Gasteiger partial charge in [-0.2, -0.15) is 0 Å². The third-order valence-corrected chi connectivity index (χ3v) is 2.51. The number of methoxy groups -OCH3 is 1. The molecule has 1 rings (SSSR count). The van der Waals surface area contributed by atoms with Crippen LogP contribution in [0.25, 0.3) is 0 Å². The Balaban J connectivity index is 2.78. The van der Waals surface area contributed by atoms with Gasteiger partial charge in [-0.05, 0) is 0 Å². The van der Waals surface area contributed by atoms with Crippen LogP contribution in [0.3, 0.4) is 0 Å². The smallest absolute Gasteiger partial charge is 0.217 e. The standard InChI is InChI=1S/C9H17NO6/c1-4(12)10-6-8(15-2)7(13)5(3-11)16-9(6)14/h5-9,11,13-14H,3H2,1-2H3,(H,10,12). The molecule has 0 aliphatic carbocycles. The van der Waals surface area contributed by atoms with Crippen molar-refractivity contribution in [1.82, 2.24) is 5.32 Å². The molecule has 0 aromatic carbocycles. The van der Waals surface area contributed by atoms with E-state index in [0.29, 0.717) is 0 Å². The van der Waals surface area contributed by atoms with Gasteiger partial charge in [0.2, 0.25) is 5.91 Å². The molecule has 1 fully saturated rings. The highest BCUT2D eigenvalue weighted by molar-refractivity contribution is 5.73. The number of ether oxygens (including phenoxy) is 2. The number of nitrogens with one attached hydrogen (secondary N) is 1. The minimum Gasteiger partial charge on any atom is -0.394 e. The van der Waals surface area contributed by atoms with E-state index in [1.165, 1.54) is 14.0 Å². The van der Waals surface area contributed by atoms with Gasteiger partial charge in [-0.15, -0.1) is 0 Å². The quantitative estimate of drug-likeness (QED) is 0.433. The summed E-state index contributed by atoms with van der Waals surface area (Å²) < 4.78 is 9.96. The van der Waals surface area contributed by atoms with Crippen LogP contribution in [0.2, 0.25) is 0 Å². The van der Waals surface area contributed by atoms with E-state index in [-0.39, 0.29) is 5.91 Å². The average Bonchev–Trinajstić information content (AvgIpc) is 2.23. The number of hydrogen-bond acceptors (Lipinski definition) is 6. The van der Waals surface area contributed by atoms with Crippen LogP contribution in [0.4, 0.5) is 0 Å². The van der Waals surface area contributed by atoms with Gasteiger partial charge >= 0.3 is 0 Å². The predicted octanol–water partition coefficient (Wildman–Crippen LogP) is -2.42. The topological polar surface area (TPSA) is 108 Å². The fourth-order valence-electron chi connectivity index (χ4n) is 1.76. The molecule has 1 aliphatic rings. The second-order valence-corrected chi connectivity index (χ2v) is 3.66. The largest absolute Gasteiger partial charge is 0.394 e. The van der Waals surface area contributed by atoms with Gasteiger partial charge < -0.3 is 30.1 Å². The lowest BCUT2D eigenvalue weighted by Gasteiger charge is -2.41. The van der Waals surface area contributed by atoms with Crippen LogP contribution < -0.4 is 5.32 Å². The Morgan fingerprint density at radius 1 is 1.50 bits per heavy atom. The second kappa shape index (κ2) is 5.55. The average molecular weight is 235 g/mol. The zero-order valence-electron chi connectivity index (χ0n) is 9.16. The van der Waals surface area contributed by atoms with Crippen molar-refractivity contribution >= 4 is 5.91 Å². The molecule has 7 heteroatoms. The maximum Gasteiger partial charge on any atom is 0.217 e. The summed E-state index contributed by atoms with van der Waals surface area (Å²) >= 11 is 0. The van der Waals surface area contributed by atoms with Crippen LogP contribution in [-0.2, 0) is 14.3 Å². The summed E-state index contributed by atoms with van der Waals surface area (Å²) in [6, 6.07) is -0.861. The summed E-state index contributed by atoms with van der Waals surface area (Å²) in [5, 5.41) is 30.7. The lowest BCUT2D eigenvalue weighted by molar-refractivity contribution is -0.258. The van der Waals surface area contributed by atoms with Crippen molar-refractivity contribution in [3.63, 3.8) is 0 Å². The zero-order chi connectivity index (χ0) is 12.3. The number of rotatable bonds is 3. The van der Waals surface area contributed by atoms with Crippen LogP contribution in [-0.4, -0.2) is 65.6 Å². The van der Waals surface area contributed by atoms with Crippen LogP contribution in [0.1, 0.15) is 6.92 Å². The second-order valence-electron chi connectivity index (χ2n) is 3.66. The van der Waals surface area contributed by atoms with Crippen molar-refractivity contribution in [3.05, 3.63) is 0 Å². The summed E-state index contributed by atoms with van der Waals surface area (Å²) in [5.74, 6) is -0.371. The monoisotopic (exact) mass is 235 g/mol. The lowest BCUT2D eigenvalue weighted by Crippen LogP contribution is -2.64. The molecule has 5 unspecified atom stereocenters. The number of hydrogen-bond donors (Lipinski definition) is 4. The minimum atomic E-state index is -1.32. The summed E-state index contributed by atoms with van der Waals surface area (Å²) in [7, 11) is 1.34. The Bertz CT molecular complexity index is 248.